The zero-order valence-electron chi connectivity index (χ0n) is 11.0. The second-order valence-corrected chi connectivity index (χ2v) is 11.0. The largest absolute Gasteiger partial charge is 0.413 e. The molecule has 15 heavy (non-hydrogen) atoms. The van der Waals surface area contributed by atoms with Crippen LogP contribution < -0.4 is 0 Å². The van der Waals surface area contributed by atoms with Crippen molar-refractivity contribution < 1.29 is 9.16 Å². The minimum atomic E-state index is -1.63. The molecule has 3 heteroatoms. The number of rotatable bonds is 6. The molecule has 0 aromatic carbocycles. The van der Waals surface area contributed by atoms with Crippen molar-refractivity contribution in [1.82, 2.24) is 0 Å². The van der Waals surface area contributed by atoms with Gasteiger partial charge in [-0.05, 0) is 16.6 Å². The fraction of sp³-hybridized carbons (Fsp3) is 1.00. The van der Waals surface area contributed by atoms with Crippen LogP contribution in [0.2, 0.25) is 16.6 Å². The molecule has 0 saturated carbocycles. The molecule has 1 saturated heterocycles. The molecule has 2 nitrogen and oxygen atoms in total. The summed E-state index contributed by atoms with van der Waals surface area (Å²) in [5.74, 6) is 0. The predicted molar refractivity (Wildman–Crippen MR) is 66.7 cm³/mol. The summed E-state index contributed by atoms with van der Waals surface area (Å²) < 4.78 is 11.6. The minimum Gasteiger partial charge on any atom is -0.413 e. The van der Waals surface area contributed by atoms with Crippen LogP contribution in [-0.2, 0) is 9.16 Å². The molecule has 90 valence electrons. The Morgan fingerprint density at radius 1 is 1.07 bits per heavy atom. The third-order valence-electron chi connectivity index (χ3n) is 3.63. The normalized spacial score (nSPS) is 21.8. The lowest BCUT2D eigenvalue weighted by molar-refractivity contribution is 0.236. The van der Waals surface area contributed by atoms with Gasteiger partial charge < -0.3 is 9.16 Å². The topological polar surface area (TPSA) is 21.8 Å². The van der Waals surface area contributed by atoms with Crippen molar-refractivity contribution in [2.45, 2.75) is 64.3 Å². The summed E-state index contributed by atoms with van der Waals surface area (Å²) in [6.45, 7) is 15.6. The van der Waals surface area contributed by atoms with Crippen molar-refractivity contribution in [3.8, 4) is 0 Å². The Kier molecular flexibility index (Phi) is 4.38. The Morgan fingerprint density at radius 2 is 1.47 bits per heavy atom. The SMILES string of the molecule is CC(C)[Si](OC[C@H]1CO1)(C(C)C)C(C)C. The first kappa shape index (κ1) is 13.2. The Morgan fingerprint density at radius 3 is 1.73 bits per heavy atom. The summed E-state index contributed by atoms with van der Waals surface area (Å²) in [4.78, 5) is 0. The van der Waals surface area contributed by atoms with Crippen LogP contribution in [0.4, 0.5) is 0 Å². The maximum absolute atomic E-state index is 6.35. The summed E-state index contributed by atoms with van der Waals surface area (Å²) in [7, 11) is -1.63. The monoisotopic (exact) mass is 230 g/mol. The quantitative estimate of drug-likeness (QED) is 0.514. The van der Waals surface area contributed by atoms with E-state index in [1.165, 1.54) is 0 Å². The van der Waals surface area contributed by atoms with Gasteiger partial charge in [0.25, 0.3) is 0 Å². The van der Waals surface area contributed by atoms with Crippen molar-refractivity contribution in [3.05, 3.63) is 0 Å². The van der Waals surface area contributed by atoms with Crippen molar-refractivity contribution in [3.63, 3.8) is 0 Å². The second-order valence-electron chi connectivity index (χ2n) is 5.58. The van der Waals surface area contributed by atoms with Crippen LogP contribution >= 0.6 is 0 Å². The van der Waals surface area contributed by atoms with E-state index < -0.39 is 8.32 Å². The first-order chi connectivity index (χ1) is 6.91. The number of hydrogen-bond donors (Lipinski definition) is 0. The van der Waals surface area contributed by atoms with Crippen LogP contribution in [-0.4, -0.2) is 27.6 Å². The van der Waals surface area contributed by atoms with E-state index in [-0.39, 0.29) is 0 Å². The fourth-order valence-corrected chi connectivity index (χ4v) is 8.38. The maximum atomic E-state index is 6.35. The fourth-order valence-electron chi connectivity index (χ4n) is 2.90. The molecule has 0 radical (unpaired) electrons. The van der Waals surface area contributed by atoms with Crippen molar-refractivity contribution >= 4 is 8.32 Å². The van der Waals surface area contributed by atoms with Crippen LogP contribution in [0.15, 0.2) is 0 Å². The third kappa shape index (κ3) is 2.83. The minimum absolute atomic E-state index is 0.396. The molecule has 0 spiro atoms. The van der Waals surface area contributed by atoms with Crippen LogP contribution in [0.25, 0.3) is 0 Å². The van der Waals surface area contributed by atoms with E-state index >= 15 is 0 Å². The van der Waals surface area contributed by atoms with Crippen molar-refractivity contribution in [2.75, 3.05) is 13.2 Å². The zero-order chi connectivity index (χ0) is 11.6. The van der Waals surface area contributed by atoms with E-state index in [1.807, 2.05) is 0 Å². The summed E-state index contributed by atoms with van der Waals surface area (Å²) in [6.07, 6.45) is 0.396. The molecular formula is C12H26O2Si. The van der Waals surface area contributed by atoms with Gasteiger partial charge in [-0.15, -0.1) is 0 Å². The number of ether oxygens (including phenoxy) is 1. The van der Waals surface area contributed by atoms with E-state index in [4.69, 9.17) is 9.16 Å². The highest BCUT2D eigenvalue weighted by Gasteiger charge is 2.46. The average Bonchev–Trinajstić information content (AvgIpc) is 2.86. The molecule has 1 rings (SSSR count). The van der Waals surface area contributed by atoms with Gasteiger partial charge in [-0.25, -0.2) is 0 Å². The molecule has 0 N–H and O–H groups in total. The molecule has 1 heterocycles. The molecule has 0 bridgehead atoms. The standard InChI is InChI=1S/C12H26O2Si/c1-9(2)15(10(3)4,11(5)6)14-8-12-7-13-12/h9-12H,7-8H2,1-6H3/t12-/m1/s1. The molecule has 1 aliphatic rings. The van der Waals surface area contributed by atoms with Crippen molar-refractivity contribution in [1.29, 1.82) is 0 Å². The van der Waals surface area contributed by atoms with Crippen LogP contribution in [0.1, 0.15) is 41.5 Å². The molecule has 0 unspecified atom stereocenters. The molecule has 0 aromatic heterocycles. The first-order valence-corrected chi connectivity index (χ1v) is 8.30. The summed E-state index contributed by atoms with van der Waals surface area (Å²) in [6, 6.07) is 0. The Hall–Kier alpha value is 0.137. The first-order valence-electron chi connectivity index (χ1n) is 6.16. The van der Waals surface area contributed by atoms with E-state index in [1.54, 1.807) is 0 Å². The lowest BCUT2D eigenvalue weighted by Crippen LogP contribution is -2.48. The maximum Gasteiger partial charge on any atom is 0.200 e. The lowest BCUT2D eigenvalue weighted by atomic mass is 10.5. The summed E-state index contributed by atoms with van der Waals surface area (Å²) >= 11 is 0. The smallest absolute Gasteiger partial charge is 0.200 e. The second kappa shape index (κ2) is 4.98. The number of epoxide rings is 1. The van der Waals surface area contributed by atoms with E-state index in [0.29, 0.717) is 22.7 Å². The van der Waals surface area contributed by atoms with Gasteiger partial charge in [-0.1, -0.05) is 41.5 Å². The number of hydrogen-bond acceptors (Lipinski definition) is 2. The van der Waals surface area contributed by atoms with Gasteiger partial charge in [-0.3, -0.25) is 0 Å². The van der Waals surface area contributed by atoms with Gasteiger partial charge in [0, 0.05) is 0 Å². The van der Waals surface area contributed by atoms with E-state index in [0.717, 1.165) is 13.2 Å². The molecular weight excluding hydrogens is 204 g/mol. The van der Waals surface area contributed by atoms with Gasteiger partial charge in [0.2, 0.25) is 0 Å². The van der Waals surface area contributed by atoms with Gasteiger partial charge in [0.15, 0.2) is 8.32 Å². The highest BCUT2D eigenvalue weighted by molar-refractivity contribution is 6.77. The van der Waals surface area contributed by atoms with Gasteiger partial charge in [0.1, 0.15) is 6.10 Å². The summed E-state index contributed by atoms with van der Waals surface area (Å²) in [5.41, 5.74) is 2.03. The van der Waals surface area contributed by atoms with Crippen LogP contribution in [0.5, 0.6) is 0 Å². The molecule has 1 aliphatic heterocycles. The van der Waals surface area contributed by atoms with E-state index in [2.05, 4.69) is 41.5 Å². The zero-order valence-corrected chi connectivity index (χ0v) is 12.0. The van der Waals surface area contributed by atoms with E-state index in [9.17, 15) is 0 Å². The van der Waals surface area contributed by atoms with Crippen LogP contribution in [0.3, 0.4) is 0 Å². The Bertz CT molecular complexity index is 176. The third-order valence-corrected chi connectivity index (χ3v) is 9.71. The highest BCUT2D eigenvalue weighted by Crippen LogP contribution is 2.42. The molecule has 0 amide bonds. The Labute approximate surface area is 95.5 Å². The summed E-state index contributed by atoms with van der Waals surface area (Å²) in [5, 5.41) is 0. The molecule has 0 aromatic rings. The van der Waals surface area contributed by atoms with Crippen LogP contribution in [0, 0.1) is 0 Å². The molecule has 1 atom stereocenters. The average molecular weight is 230 g/mol. The highest BCUT2D eigenvalue weighted by atomic mass is 28.4. The molecule has 0 aliphatic carbocycles. The van der Waals surface area contributed by atoms with Crippen molar-refractivity contribution in [2.24, 2.45) is 0 Å². The lowest BCUT2D eigenvalue weighted by Gasteiger charge is -2.42. The molecule has 1 fully saturated rings. The van der Waals surface area contributed by atoms with Gasteiger partial charge in [-0.2, -0.15) is 0 Å². The van der Waals surface area contributed by atoms with Gasteiger partial charge >= 0.3 is 0 Å². The van der Waals surface area contributed by atoms with Gasteiger partial charge in [0.05, 0.1) is 13.2 Å². The Balaban J connectivity index is 2.70. The predicted octanol–water partition coefficient (Wildman–Crippen LogP) is 3.58.